The predicted octanol–water partition coefficient (Wildman–Crippen LogP) is 3.58. The molecule has 0 radical (unpaired) electrons. The van der Waals surface area contributed by atoms with Crippen LogP contribution in [0, 0.1) is 0 Å². The van der Waals surface area contributed by atoms with Gasteiger partial charge in [0, 0.05) is 0 Å². The van der Waals surface area contributed by atoms with Gasteiger partial charge in [0.25, 0.3) is 0 Å². The van der Waals surface area contributed by atoms with Crippen LogP contribution in [-0.2, 0) is 21.3 Å². The summed E-state index contributed by atoms with van der Waals surface area (Å²) in [5.41, 5.74) is -2.38. The van der Waals surface area contributed by atoms with Gasteiger partial charge in [-0.1, -0.05) is 29.6 Å². The van der Waals surface area contributed by atoms with Gasteiger partial charge < -0.3 is 9.26 Å². The van der Waals surface area contributed by atoms with Crippen LogP contribution in [0.1, 0.15) is 20.8 Å². The van der Waals surface area contributed by atoms with E-state index in [1.165, 1.54) is 11.4 Å². The first kappa shape index (κ1) is 17.5. The average Bonchev–Trinajstić information content (AvgIpc) is 2.39. The molecular formula is C13H20NO3PS2. The number of carbonyl (C=O) groups excluding carboxylic acids is 1. The summed E-state index contributed by atoms with van der Waals surface area (Å²) in [5.74, 6) is 0.377. The van der Waals surface area contributed by atoms with Crippen LogP contribution in [0.3, 0.4) is 0 Å². The lowest BCUT2D eigenvalue weighted by atomic mass is 10.3. The molecule has 0 heterocycles. The van der Waals surface area contributed by atoms with E-state index in [0.29, 0.717) is 5.75 Å². The van der Waals surface area contributed by atoms with Gasteiger partial charge in [0.05, 0.1) is 6.10 Å². The Morgan fingerprint density at radius 2 is 1.90 bits per heavy atom. The first-order chi connectivity index (χ1) is 9.36. The Morgan fingerprint density at radius 3 is 2.40 bits per heavy atom. The maximum Gasteiger partial charge on any atom is 0.323 e. The van der Waals surface area contributed by atoms with Crippen LogP contribution in [0.15, 0.2) is 30.3 Å². The van der Waals surface area contributed by atoms with Crippen molar-refractivity contribution in [1.29, 1.82) is 0 Å². The second-order valence-electron chi connectivity index (χ2n) is 4.42. The lowest BCUT2D eigenvalue weighted by Gasteiger charge is -2.25. The fourth-order valence-electron chi connectivity index (χ4n) is 1.36. The maximum absolute atomic E-state index is 11.8. The third kappa shape index (κ3) is 5.83. The summed E-state index contributed by atoms with van der Waals surface area (Å²) in [4.78, 5) is 11.8. The quantitative estimate of drug-likeness (QED) is 0.608. The van der Waals surface area contributed by atoms with Crippen LogP contribution >= 0.6 is 17.0 Å². The van der Waals surface area contributed by atoms with E-state index in [1.807, 2.05) is 50.4 Å². The Bertz CT molecular complexity index is 482. The Morgan fingerprint density at radius 1 is 1.30 bits per heavy atom. The van der Waals surface area contributed by atoms with Crippen LogP contribution in [-0.4, -0.2) is 24.4 Å². The third-order valence-electron chi connectivity index (χ3n) is 2.27. The molecule has 1 unspecified atom stereocenters. The highest BCUT2D eigenvalue weighted by molar-refractivity contribution is 8.68. The summed E-state index contributed by atoms with van der Waals surface area (Å²) in [7, 11) is 0. The number of rotatable bonds is 7. The zero-order chi connectivity index (χ0) is 15.2. The van der Waals surface area contributed by atoms with Gasteiger partial charge in [-0.15, -0.1) is 0 Å². The fourth-order valence-corrected chi connectivity index (χ4v) is 4.58. The zero-order valence-electron chi connectivity index (χ0n) is 12.0. The van der Waals surface area contributed by atoms with Gasteiger partial charge in [-0.05, 0) is 51.0 Å². The van der Waals surface area contributed by atoms with Crippen molar-refractivity contribution in [3.8, 4) is 5.75 Å². The Hall–Kier alpha value is -0.550. The number of benzene rings is 1. The summed E-state index contributed by atoms with van der Waals surface area (Å²) < 4.78 is 11.0. The Balaban J connectivity index is 2.70. The molecule has 0 spiro atoms. The molecule has 0 aromatic heterocycles. The van der Waals surface area contributed by atoms with E-state index in [-0.39, 0.29) is 12.1 Å². The number of esters is 1. The molecule has 4 nitrogen and oxygen atoms in total. The molecule has 7 heteroatoms. The zero-order valence-corrected chi connectivity index (χ0v) is 14.6. The van der Waals surface area contributed by atoms with Crippen molar-refractivity contribution in [2.45, 2.75) is 32.9 Å². The van der Waals surface area contributed by atoms with Gasteiger partial charge in [0.1, 0.15) is 11.8 Å². The van der Waals surface area contributed by atoms with E-state index < -0.39 is 11.7 Å². The molecule has 20 heavy (non-hydrogen) atoms. The summed E-state index contributed by atoms with van der Waals surface area (Å²) >= 11 is 6.94. The number of nitrogens with one attached hydrogen (secondary N) is 1. The van der Waals surface area contributed by atoms with E-state index in [9.17, 15) is 4.79 Å². The first-order valence-corrected chi connectivity index (χ1v) is 10.8. The minimum atomic E-state index is -2.38. The molecule has 0 saturated heterocycles. The summed E-state index contributed by atoms with van der Waals surface area (Å²) in [6.07, 6.45) is 1.73. The number of ether oxygens (including phenoxy) is 1. The monoisotopic (exact) mass is 333 g/mol. The van der Waals surface area contributed by atoms with Crippen molar-refractivity contribution in [2.75, 3.05) is 6.26 Å². The number of hydrogen-bond acceptors (Lipinski definition) is 5. The van der Waals surface area contributed by atoms with Gasteiger partial charge in [0.2, 0.25) is 5.62 Å². The minimum Gasteiger partial charge on any atom is -0.462 e. The number of hydrogen-bond donors (Lipinski definition) is 1. The van der Waals surface area contributed by atoms with Gasteiger partial charge in [-0.25, -0.2) is 5.09 Å². The van der Waals surface area contributed by atoms with Crippen molar-refractivity contribution in [3.05, 3.63) is 30.3 Å². The number of carbonyl (C=O) groups is 1. The normalized spacial score (nSPS) is 15.4. The molecule has 0 fully saturated rings. The predicted molar refractivity (Wildman–Crippen MR) is 88.7 cm³/mol. The average molecular weight is 333 g/mol. The SMILES string of the molecule is CSP(=S)(N[C@@H](C)C(=O)OC(C)C)Oc1ccccc1. The molecule has 0 aliphatic rings. The summed E-state index contributed by atoms with van der Waals surface area (Å²) in [5, 5.41) is 3.09. The van der Waals surface area contributed by atoms with Gasteiger partial charge in [-0.2, -0.15) is 0 Å². The highest BCUT2D eigenvalue weighted by atomic mass is 32.9. The molecule has 1 aromatic rings. The van der Waals surface area contributed by atoms with E-state index >= 15 is 0 Å². The molecule has 0 aliphatic heterocycles. The minimum absolute atomic E-state index is 0.145. The van der Waals surface area contributed by atoms with Crippen molar-refractivity contribution in [3.63, 3.8) is 0 Å². The second-order valence-corrected chi connectivity index (χ2v) is 11.1. The first-order valence-electron chi connectivity index (χ1n) is 6.25. The van der Waals surface area contributed by atoms with Crippen LogP contribution in [0.4, 0.5) is 0 Å². The summed E-state index contributed by atoms with van der Waals surface area (Å²) in [6.45, 7) is 5.36. The van der Waals surface area contributed by atoms with Crippen molar-refractivity contribution < 1.29 is 14.1 Å². The van der Waals surface area contributed by atoms with Crippen LogP contribution < -0.4 is 9.61 Å². The molecule has 0 bridgehead atoms. The highest BCUT2D eigenvalue weighted by Gasteiger charge is 2.26. The van der Waals surface area contributed by atoms with Crippen LogP contribution in [0.5, 0.6) is 5.75 Å². The van der Waals surface area contributed by atoms with Crippen LogP contribution in [0.2, 0.25) is 0 Å². The van der Waals surface area contributed by atoms with Crippen molar-refractivity contribution in [1.82, 2.24) is 5.09 Å². The number of para-hydroxylation sites is 1. The van der Waals surface area contributed by atoms with Crippen LogP contribution in [0.25, 0.3) is 0 Å². The highest BCUT2D eigenvalue weighted by Crippen LogP contribution is 2.54. The molecule has 1 rings (SSSR count). The maximum atomic E-state index is 11.8. The molecule has 1 aromatic carbocycles. The molecule has 0 saturated carbocycles. The summed E-state index contributed by atoms with van der Waals surface area (Å²) in [6, 6.07) is 8.86. The third-order valence-corrected chi connectivity index (χ3v) is 7.77. The Labute approximate surface area is 129 Å². The Kier molecular flexibility index (Phi) is 7.03. The lowest BCUT2D eigenvalue weighted by molar-refractivity contribution is -0.148. The van der Waals surface area contributed by atoms with E-state index in [4.69, 9.17) is 21.1 Å². The van der Waals surface area contributed by atoms with Gasteiger partial charge >= 0.3 is 5.97 Å². The van der Waals surface area contributed by atoms with Crippen molar-refractivity contribution in [2.24, 2.45) is 0 Å². The standard InChI is InChI=1S/C13H20NO3PS2/c1-10(2)16-13(15)11(3)14-18(19,20-4)17-12-8-6-5-7-9-12/h5-11H,1-4H3,(H,14,19)/t11-,18?/m0/s1. The second kappa shape index (κ2) is 8.03. The fraction of sp³-hybridized carbons (Fsp3) is 0.462. The molecule has 2 atom stereocenters. The largest absolute Gasteiger partial charge is 0.462 e. The van der Waals surface area contributed by atoms with Gasteiger partial charge in [-0.3, -0.25) is 4.79 Å². The van der Waals surface area contributed by atoms with Crippen molar-refractivity contribution >= 4 is 34.8 Å². The van der Waals surface area contributed by atoms with E-state index in [0.717, 1.165) is 0 Å². The smallest absolute Gasteiger partial charge is 0.323 e. The lowest BCUT2D eigenvalue weighted by Crippen LogP contribution is -2.34. The van der Waals surface area contributed by atoms with Gasteiger partial charge in [0.15, 0.2) is 0 Å². The topological polar surface area (TPSA) is 47.6 Å². The molecule has 1 N–H and O–H groups in total. The molecule has 112 valence electrons. The molecule has 0 aliphatic carbocycles. The molecule has 0 amide bonds. The molecular weight excluding hydrogens is 313 g/mol. The van der Waals surface area contributed by atoms with E-state index in [1.54, 1.807) is 6.92 Å². The van der Waals surface area contributed by atoms with E-state index in [2.05, 4.69) is 5.09 Å².